The van der Waals surface area contributed by atoms with Crippen LogP contribution in [-0.4, -0.2) is 14.7 Å². The number of benzene rings is 1. The Morgan fingerprint density at radius 1 is 1.25 bits per heavy atom. The number of hydrogen-bond donors (Lipinski definition) is 1. The van der Waals surface area contributed by atoms with Gasteiger partial charge in [-0.05, 0) is 19.4 Å². The molecule has 0 unspecified atom stereocenters. The number of nitrogens with two attached hydrogens (primary N) is 1. The molecule has 3 rings (SSSR count). The van der Waals surface area contributed by atoms with Gasteiger partial charge in [-0.15, -0.1) is 12.4 Å². The van der Waals surface area contributed by atoms with Gasteiger partial charge < -0.3 is 14.8 Å². The van der Waals surface area contributed by atoms with E-state index >= 15 is 0 Å². The second-order valence-electron chi connectivity index (χ2n) is 5.32. The predicted molar refractivity (Wildman–Crippen MR) is 96.6 cm³/mol. The van der Waals surface area contributed by atoms with E-state index < -0.39 is 0 Å². The van der Waals surface area contributed by atoms with Crippen molar-refractivity contribution < 1.29 is 4.52 Å². The highest BCUT2D eigenvalue weighted by Gasteiger charge is 2.11. The number of thiazole rings is 1. The highest BCUT2D eigenvalue weighted by atomic mass is 35.5. The number of nitrogens with zero attached hydrogens (tertiary/aromatic N) is 3. The Morgan fingerprint density at radius 2 is 1.96 bits per heavy atom. The van der Waals surface area contributed by atoms with Gasteiger partial charge in [0.2, 0.25) is 11.7 Å². The lowest BCUT2D eigenvalue weighted by Crippen LogP contribution is -2.16. The van der Waals surface area contributed by atoms with Crippen molar-refractivity contribution in [3.8, 4) is 11.4 Å². The van der Waals surface area contributed by atoms with Crippen molar-refractivity contribution >= 4 is 23.7 Å². The molecule has 24 heavy (non-hydrogen) atoms. The van der Waals surface area contributed by atoms with Crippen LogP contribution in [0.25, 0.3) is 11.4 Å². The second kappa shape index (κ2) is 7.74. The maximum Gasteiger partial charge on any atom is 0.307 e. The van der Waals surface area contributed by atoms with Gasteiger partial charge in [-0.2, -0.15) is 4.98 Å². The van der Waals surface area contributed by atoms with Crippen molar-refractivity contribution in [2.24, 2.45) is 5.73 Å². The Balaban J connectivity index is 0.00000208. The van der Waals surface area contributed by atoms with Crippen LogP contribution in [0.5, 0.6) is 0 Å². The Labute approximate surface area is 149 Å². The maximum absolute atomic E-state index is 11.9. The zero-order chi connectivity index (χ0) is 16.4. The van der Waals surface area contributed by atoms with Crippen LogP contribution >= 0.6 is 23.7 Å². The molecular formula is C16H19ClN4O2S. The lowest BCUT2D eigenvalue weighted by atomic mass is 10.1. The number of aryl methyl sites for hydroxylation is 2. The van der Waals surface area contributed by atoms with Crippen molar-refractivity contribution in [3.05, 3.63) is 56.0 Å². The number of hydrogen-bond acceptors (Lipinski definition) is 6. The molecule has 0 radical (unpaired) electrons. The van der Waals surface area contributed by atoms with Crippen molar-refractivity contribution in [1.82, 2.24) is 14.7 Å². The minimum atomic E-state index is 0. The molecular weight excluding hydrogens is 348 g/mol. The van der Waals surface area contributed by atoms with Crippen molar-refractivity contribution in [1.29, 1.82) is 0 Å². The number of rotatable bonds is 5. The first-order valence-electron chi connectivity index (χ1n) is 7.37. The van der Waals surface area contributed by atoms with Crippen LogP contribution in [0.3, 0.4) is 0 Å². The third kappa shape index (κ3) is 3.75. The molecule has 3 aromatic rings. The van der Waals surface area contributed by atoms with Gasteiger partial charge in [0, 0.05) is 35.6 Å². The fourth-order valence-electron chi connectivity index (χ4n) is 2.32. The molecule has 0 aliphatic rings. The summed E-state index contributed by atoms with van der Waals surface area (Å²) in [6.07, 6.45) is 0.533. The van der Waals surface area contributed by atoms with Gasteiger partial charge in [0.05, 0.1) is 0 Å². The van der Waals surface area contributed by atoms with Crippen LogP contribution in [0.4, 0.5) is 0 Å². The molecule has 0 saturated heterocycles. The fourth-order valence-corrected chi connectivity index (χ4v) is 3.18. The summed E-state index contributed by atoms with van der Waals surface area (Å²) >= 11 is 1.27. The van der Waals surface area contributed by atoms with Gasteiger partial charge >= 0.3 is 4.87 Å². The molecule has 2 N–H and O–H groups in total. The van der Waals surface area contributed by atoms with Crippen molar-refractivity contribution in [2.45, 2.75) is 33.4 Å². The van der Waals surface area contributed by atoms with E-state index in [1.807, 2.05) is 38.1 Å². The molecule has 0 fully saturated rings. The first-order chi connectivity index (χ1) is 11.1. The van der Waals surface area contributed by atoms with Crippen LogP contribution in [0.2, 0.25) is 0 Å². The first-order valence-corrected chi connectivity index (χ1v) is 8.19. The second-order valence-corrected chi connectivity index (χ2v) is 6.49. The molecule has 6 nitrogen and oxygen atoms in total. The molecule has 2 heterocycles. The average molecular weight is 367 g/mol. The average Bonchev–Trinajstić information content (AvgIpc) is 3.12. The normalized spacial score (nSPS) is 10.6. The Morgan fingerprint density at radius 3 is 2.54 bits per heavy atom. The van der Waals surface area contributed by atoms with Gasteiger partial charge in [-0.3, -0.25) is 4.79 Å². The highest BCUT2D eigenvalue weighted by Crippen LogP contribution is 2.17. The van der Waals surface area contributed by atoms with E-state index in [2.05, 4.69) is 10.1 Å². The largest absolute Gasteiger partial charge is 0.339 e. The van der Waals surface area contributed by atoms with Crippen molar-refractivity contribution in [3.63, 3.8) is 0 Å². The highest BCUT2D eigenvalue weighted by molar-refractivity contribution is 7.09. The summed E-state index contributed by atoms with van der Waals surface area (Å²) in [6, 6.07) is 7.74. The number of halogens is 1. The topological polar surface area (TPSA) is 86.9 Å². The zero-order valence-corrected chi connectivity index (χ0v) is 15.1. The minimum absolute atomic E-state index is 0. The van der Waals surface area contributed by atoms with E-state index in [9.17, 15) is 4.79 Å². The molecule has 0 atom stereocenters. The lowest BCUT2D eigenvalue weighted by Gasteiger charge is -2.01. The van der Waals surface area contributed by atoms with Crippen LogP contribution in [0, 0.1) is 13.8 Å². The zero-order valence-electron chi connectivity index (χ0n) is 13.5. The van der Waals surface area contributed by atoms with Gasteiger partial charge in [-0.25, -0.2) is 0 Å². The third-order valence-electron chi connectivity index (χ3n) is 3.84. The summed E-state index contributed by atoms with van der Waals surface area (Å²) in [5.41, 5.74) is 8.53. The smallest absolute Gasteiger partial charge is 0.307 e. The van der Waals surface area contributed by atoms with E-state index in [0.29, 0.717) is 31.2 Å². The summed E-state index contributed by atoms with van der Waals surface area (Å²) in [6.45, 7) is 4.95. The Bertz CT molecular complexity index is 867. The number of aromatic nitrogens is 3. The molecule has 0 bridgehead atoms. The van der Waals surface area contributed by atoms with Crippen LogP contribution in [0.1, 0.15) is 22.0 Å². The Kier molecular flexibility index (Phi) is 5.93. The fraction of sp³-hybridized carbons (Fsp3) is 0.312. The van der Waals surface area contributed by atoms with E-state index in [4.69, 9.17) is 10.3 Å². The van der Waals surface area contributed by atoms with E-state index in [1.165, 1.54) is 11.3 Å². The summed E-state index contributed by atoms with van der Waals surface area (Å²) in [7, 11) is 0. The molecule has 0 saturated carbocycles. The lowest BCUT2D eigenvalue weighted by molar-refractivity contribution is 0.371. The summed E-state index contributed by atoms with van der Waals surface area (Å²) in [4.78, 5) is 17.4. The van der Waals surface area contributed by atoms with Crippen LogP contribution < -0.4 is 10.6 Å². The van der Waals surface area contributed by atoms with Gasteiger partial charge in [0.1, 0.15) is 0 Å². The SMILES string of the molecule is Cc1sc(=O)n(CCc2nc(-c3ccc(CN)cc3)no2)c1C.Cl. The van der Waals surface area contributed by atoms with Crippen LogP contribution in [0.15, 0.2) is 33.6 Å². The van der Waals surface area contributed by atoms with E-state index in [1.54, 1.807) is 4.57 Å². The third-order valence-corrected chi connectivity index (χ3v) is 4.84. The van der Waals surface area contributed by atoms with Gasteiger partial charge in [-0.1, -0.05) is 40.8 Å². The molecule has 128 valence electrons. The first kappa shape index (κ1) is 18.4. The Hall–Kier alpha value is -1.96. The van der Waals surface area contributed by atoms with E-state index in [-0.39, 0.29) is 17.3 Å². The van der Waals surface area contributed by atoms with Crippen molar-refractivity contribution in [2.75, 3.05) is 0 Å². The summed E-state index contributed by atoms with van der Waals surface area (Å²) in [5.74, 6) is 1.08. The van der Waals surface area contributed by atoms with Crippen LogP contribution in [-0.2, 0) is 19.5 Å². The summed E-state index contributed by atoms with van der Waals surface area (Å²) < 4.78 is 7.04. The molecule has 0 amide bonds. The van der Waals surface area contributed by atoms with E-state index in [0.717, 1.165) is 21.7 Å². The molecule has 8 heteroatoms. The standard InChI is InChI=1S/C16H18N4O2S.ClH/c1-10-11(2)23-16(21)20(10)8-7-14-18-15(19-22-14)13-5-3-12(9-17)4-6-13;/h3-6H,7-9,17H2,1-2H3;1H. The molecule has 0 spiro atoms. The van der Waals surface area contributed by atoms with Gasteiger partial charge in [0.25, 0.3) is 0 Å². The minimum Gasteiger partial charge on any atom is -0.339 e. The molecule has 0 aliphatic heterocycles. The summed E-state index contributed by atoms with van der Waals surface area (Å²) in [5, 5.41) is 4.00. The van der Waals surface area contributed by atoms with Gasteiger partial charge in [0.15, 0.2) is 0 Å². The molecule has 1 aromatic carbocycles. The predicted octanol–water partition coefficient (Wildman–Crippen LogP) is 2.70. The quantitative estimate of drug-likeness (QED) is 0.750. The monoisotopic (exact) mass is 366 g/mol. The molecule has 2 aromatic heterocycles. The maximum atomic E-state index is 11.9. The molecule has 0 aliphatic carbocycles.